The standard InChI is InChI=1S/C8H8INO2/c1-12-8(11)6-2-3-7(4-9)10-5-6/h2-3,5H,4H2,1H3. The Hall–Kier alpha value is -0.650. The van der Waals surface area contributed by atoms with Crippen molar-refractivity contribution >= 4 is 28.6 Å². The zero-order valence-electron chi connectivity index (χ0n) is 6.58. The Kier molecular flexibility index (Phi) is 3.46. The monoisotopic (exact) mass is 277 g/mol. The van der Waals surface area contributed by atoms with Gasteiger partial charge in [0.05, 0.1) is 18.4 Å². The van der Waals surface area contributed by atoms with Gasteiger partial charge < -0.3 is 4.74 Å². The molecule has 0 aromatic carbocycles. The first kappa shape index (κ1) is 9.44. The fourth-order valence-corrected chi connectivity index (χ4v) is 1.19. The molecule has 0 radical (unpaired) electrons. The molecule has 4 heteroatoms. The van der Waals surface area contributed by atoms with E-state index in [0.29, 0.717) is 5.56 Å². The summed E-state index contributed by atoms with van der Waals surface area (Å²) < 4.78 is 5.38. The second kappa shape index (κ2) is 4.39. The highest BCUT2D eigenvalue weighted by molar-refractivity contribution is 14.1. The molecule has 0 N–H and O–H groups in total. The molecule has 1 aromatic rings. The number of esters is 1. The summed E-state index contributed by atoms with van der Waals surface area (Å²) in [5, 5.41) is 0. The summed E-state index contributed by atoms with van der Waals surface area (Å²) in [7, 11) is 1.36. The van der Waals surface area contributed by atoms with Crippen LogP contribution in [0.4, 0.5) is 0 Å². The third-order valence-electron chi connectivity index (χ3n) is 1.38. The van der Waals surface area contributed by atoms with Gasteiger partial charge in [0.15, 0.2) is 0 Å². The predicted octanol–water partition coefficient (Wildman–Crippen LogP) is 1.80. The van der Waals surface area contributed by atoms with Crippen molar-refractivity contribution < 1.29 is 9.53 Å². The van der Waals surface area contributed by atoms with Crippen LogP contribution in [-0.2, 0) is 9.16 Å². The van der Waals surface area contributed by atoms with E-state index in [9.17, 15) is 4.79 Å². The van der Waals surface area contributed by atoms with Gasteiger partial charge in [0, 0.05) is 10.6 Å². The van der Waals surface area contributed by atoms with Crippen molar-refractivity contribution in [1.82, 2.24) is 4.98 Å². The Labute approximate surface area is 84.3 Å². The van der Waals surface area contributed by atoms with E-state index < -0.39 is 0 Å². The van der Waals surface area contributed by atoms with E-state index in [4.69, 9.17) is 0 Å². The molecule has 0 aliphatic carbocycles. The molecule has 0 unspecified atom stereocenters. The largest absolute Gasteiger partial charge is 0.465 e. The molecule has 0 atom stereocenters. The molecule has 0 spiro atoms. The maximum Gasteiger partial charge on any atom is 0.339 e. The van der Waals surface area contributed by atoms with Gasteiger partial charge in [-0.3, -0.25) is 4.98 Å². The van der Waals surface area contributed by atoms with Gasteiger partial charge in [-0.15, -0.1) is 0 Å². The Bertz CT molecular complexity index is 271. The highest BCUT2D eigenvalue weighted by Gasteiger charge is 2.04. The van der Waals surface area contributed by atoms with Crippen LogP contribution in [0.1, 0.15) is 16.1 Å². The first-order valence-electron chi connectivity index (χ1n) is 3.37. The molecule has 0 fully saturated rings. The van der Waals surface area contributed by atoms with E-state index in [1.165, 1.54) is 13.3 Å². The van der Waals surface area contributed by atoms with Crippen molar-refractivity contribution in [2.75, 3.05) is 7.11 Å². The second-order valence-corrected chi connectivity index (χ2v) is 2.93. The Morgan fingerprint density at radius 2 is 2.42 bits per heavy atom. The average molecular weight is 277 g/mol. The minimum absolute atomic E-state index is 0.345. The van der Waals surface area contributed by atoms with E-state index in [0.717, 1.165) is 10.1 Å². The predicted molar refractivity (Wildman–Crippen MR) is 53.3 cm³/mol. The van der Waals surface area contributed by atoms with Gasteiger partial charge in [0.1, 0.15) is 0 Å². The van der Waals surface area contributed by atoms with Crippen LogP contribution in [0.25, 0.3) is 0 Å². The minimum Gasteiger partial charge on any atom is -0.465 e. The molecule has 0 aliphatic heterocycles. The van der Waals surface area contributed by atoms with Crippen LogP contribution in [0, 0.1) is 0 Å². The number of nitrogens with zero attached hydrogens (tertiary/aromatic N) is 1. The summed E-state index contributed by atoms with van der Waals surface area (Å²) in [5.74, 6) is -0.345. The number of halogens is 1. The number of ether oxygens (including phenoxy) is 1. The lowest BCUT2D eigenvalue weighted by Crippen LogP contribution is -2.01. The number of hydrogen-bond donors (Lipinski definition) is 0. The summed E-state index contributed by atoms with van der Waals surface area (Å²) in [6, 6.07) is 3.53. The maximum atomic E-state index is 10.9. The lowest BCUT2D eigenvalue weighted by molar-refractivity contribution is 0.0600. The molecule has 0 bridgehead atoms. The van der Waals surface area contributed by atoms with Gasteiger partial charge in [-0.05, 0) is 12.1 Å². The highest BCUT2D eigenvalue weighted by Crippen LogP contribution is 2.04. The quantitative estimate of drug-likeness (QED) is 0.470. The number of rotatable bonds is 2. The van der Waals surface area contributed by atoms with Gasteiger partial charge in [0.2, 0.25) is 0 Å². The van der Waals surface area contributed by atoms with E-state index in [2.05, 4.69) is 32.3 Å². The third-order valence-corrected chi connectivity index (χ3v) is 2.16. The summed E-state index contributed by atoms with van der Waals surface area (Å²) in [6.07, 6.45) is 1.53. The molecule has 3 nitrogen and oxygen atoms in total. The Balaban J connectivity index is 2.84. The number of alkyl halides is 1. The van der Waals surface area contributed by atoms with Crippen molar-refractivity contribution in [1.29, 1.82) is 0 Å². The molecule has 0 saturated heterocycles. The maximum absolute atomic E-state index is 10.9. The van der Waals surface area contributed by atoms with Crippen LogP contribution >= 0.6 is 22.6 Å². The average Bonchev–Trinajstić information content (AvgIpc) is 2.17. The number of aromatic nitrogens is 1. The molecule has 1 rings (SSSR count). The van der Waals surface area contributed by atoms with E-state index in [1.54, 1.807) is 6.07 Å². The summed E-state index contributed by atoms with van der Waals surface area (Å²) in [6.45, 7) is 0. The van der Waals surface area contributed by atoms with Gasteiger partial charge >= 0.3 is 5.97 Å². The number of carbonyl (C=O) groups is 1. The van der Waals surface area contributed by atoms with Crippen molar-refractivity contribution in [3.05, 3.63) is 29.6 Å². The molecule has 64 valence electrons. The van der Waals surface area contributed by atoms with Crippen molar-refractivity contribution in [2.45, 2.75) is 4.43 Å². The van der Waals surface area contributed by atoms with E-state index in [1.807, 2.05) is 6.07 Å². The number of methoxy groups -OCH3 is 1. The smallest absolute Gasteiger partial charge is 0.339 e. The molecule has 1 aromatic heterocycles. The highest BCUT2D eigenvalue weighted by atomic mass is 127. The number of carbonyl (C=O) groups excluding carboxylic acids is 1. The van der Waals surface area contributed by atoms with Gasteiger partial charge in [0.25, 0.3) is 0 Å². The summed E-state index contributed by atoms with van der Waals surface area (Å²) in [5.41, 5.74) is 1.45. The van der Waals surface area contributed by atoms with Gasteiger partial charge in [-0.1, -0.05) is 22.6 Å². The van der Waals surface area contributed by atoms with Crippen LogP contribution in [0.2, 0.25) is 0 Å². The number of hydrogen-bond acceptors (Lipinski definition) is 3. The number of pyridine rings is 1. The lowest BCUT2D eigenvalue weighted by atomic mass is 10.2. The summed E-state index contributed by atoms with van der Waals surface area (Å²) in [4.78, 5) is 15.0. The lowest BCUT2D eigenvalue weighted by Gasteiger charge is -1.98. The third kappa shape index (κ3) is 2.17. The normalized spacial score (nSPS) is 9.50. The Morgan fingerprint density at radius 1 is 1.67 bits per heavy atom. The molecular weight excluding hydrogens is 269 g/mol. The summed E-state index contributed by atoms with van der Waals surface area (Å²) >= 11 is 2.21. The van der Waals surface area contributed by atoms with Crippen LogP contribution in [0.5, 0.6) is 0 Å². The fraction of sp³-hybridized carbons (Fsp3) is 0.250. The van der Waals surface area contributed by atoms with Crippen LogP contribution < -0.4 is 0 Å². The van der Waals surface area contributed by atoms with Gasteiger partial charge in [-0.25, -0.2) is 4.79 Å². The molecule has 0 aliphatic rings. The van der Waals surface area contributed by atoms with Gasteiger partial charge in [-0.2, -0.15) is 0 Å². The SMILES string of the molecule is COC(=O)c1ccc(CI)nc1. The molecular formula is C8H8INO2. The molecule has 0 saturated carbocycles. The zero-order valence-corrected chi connectivity index (χ0v) is 8.74. The van der Waals surface area contributed by atoms with Crippen LogP contribution in [-0.4, -0.2) is 18.1 Å². The van der Waals surface area contributed by atoms with E-state index >= 15 is 0 Å². The molecule has 0 amide bonds. The molecule has 1 heterocycles. The fourth-order valence-electron chi connectivity index (χ4n) is 0.742. The van der Waals surface area contributed by atoms with Crippen LogP contribution in [0.3, 0.4) is 0 Å². The van der Waals surface area contributed by atoms with Crippen molar-refractivity contribution in [3.8, 4) is 0 Å². The first-order valence-corrected chi connectivity index (χ1v) is 4.89. The van der Waals surface area contributed by atoms with Crippen molar-refractivity contribution in [3.63, 3.8) is 0 Å². The minimum atomic E-state index is -0.345. The van der Waals surface area contributed by atoms with Crippen LogP contribution in [0.15, 0.2) is 18.3 Å². The molecule has 12 heavy (non-hydrogen) atoms. The zero-order chi connectivity index (χ0) is 8.97. The topological polar surface area (TPSA) is 39.2 Å². The second-order valence-electron chi connectivity index (χ2n) is 2.16. The Morgan fingerprint density at radius 3 is 2.83 bits per heavy atom. The van der Waals surface area contributed by atoms with E-state index in [-0.39, 0.29) is 5.97 Å². The van der Waals surface area contributed by atoms with Crippen molar-refractivity contribution in [2.24, 2.45) is 0 Å². The first-order chi connectivity index (χ1) is 5.77.